The second-order valence-corrected chi connectivity index (χ2v) is 2.15. The molecule has 5 nitrogen and oxygen atoms in total. The average molecular weight is 156 g/mol. The summed E-state index contributed by atoms with van der Waals surface area (Å²) >= 11 is 0. The fraction of sp³-hybridized carbons (Fsp3) is 0.500. The summed E-state index contributed by atoms with van der Waals surface area (Å²) in [5, 5.41) is 3.73. The fourth-order valence-corrected chi connectivity index (χ4v) is 0.668. The van der Waals surface area contributed by atoms with Crippen LogP contribution in [0.15, 0.2) is 12.4 Å². The molecule has 0 aromatic carbocycles. The maximum Gasteiger partial charge on any atom is 0.159 e. The molecular formula is C6H12N4O. The van der Waals surface area contributed by atoms with Crippen LogP contribution in [0.3, 0.4) is 0 Å². The summed E-state index contributed by atoms with van der Waals surface area (Å²) in [6.45, 7) is 1.25. The summed E-state index contributed by atoms with van der Waals surface area (Å²) in [5.41, 5.74) is 5.27. The van der Waals surface area contributed by atoms with E-state index in [1.807, 2.05) is 0 Å². The van der Waals surface area contributed by atoms with E-state index in [9.17, 15) is 0 Å². The molecule has 0 aliphatic carbocycles. The Labute approximate surface area is 64.9 Å². The SMILES string of the molecule is NCCCOc1cnn(N)c1. The number of rotatable bonds is 4. The van der Waals surface area contributed by atoms with Gasteiger partial charge < -0.3 is 16.3 Å². The molecule has 0 aliphatic heterocycles. The van der Waals surface area contributed by atoms with Crippen molar-refractivity contribution in [2.75, 3.05) is 19.0 Å². The summed E-state index contributed by atoms with van der Waals surface area (Å²) in [7, 11) is 0. The van der Waals surface area contributed by atoms with Crippen LogP contribution in [0.25, 0.3) is 0 Å². The van der Waals surface area contributed by atoms with E-state index < -0.39 is 0 Å². The van der Waals surface area contributed by atoms with Crippen molar-refractivity contribution in [2.24, 2.45) is 5.73 Å². The molecule has 0 atom stereocenters. The van der Waals surface area contributed by atoms with Gasteiger partial charge in [-0.3, -0.25) is 0 Å². The molecule has 0 fully saturated rings. The van der Waals surface area contributed by atoms with E-state index in [4.69, 9.17) is 16.3 Å². The molecule has 1 aromatic rings. The molecule has 1 heterocycles. The van der Waals surface area contributed by atoms with E-state index in [0.717, 1.165) is 6.42 Å². The number of nitrogens with zero attached hydrogens (tertiary/aromatic N) is 2. The quantitative estimate of drug-likeness (QED) is 0.447. The maximum absolute atomic E-state index is 5.28. The number of ether oxygens (including phenoxy) is 1. The number of hydrogen-bond donors (Lipinski definition) is 2. The third kappa shape index (κ3) is 2.46. The van der Waals surface area contributed by atoms with Crippen molar-refractivity contribution in [1.82, 2.24) is 9.89 Å². The topological polar surface area (TPSA) is 79.1 Å². The third-order valence-electron chi connectivity index (χ3n) is 1.20. The van der Waals surface area contributed by atoms with Crippen LogP contribution in [-0.2, 0) is 0 Å². The van der Waals surface area contributed by atoms with Crippen LogP contribution in [0, 0.1) is 0 Å². The van der Waals surface area contributed by atoms with Gasteiger partial charge in [-0.05, 0) is 13.0 Å². The van der Waals surface area contributed by atoms with Gasteiger partial charge in [-0.15, -0.1) is 0 Å². The zero-order valence-corrected chi connectivity index (χ0v) is 6.23. The van der Waals surface area contributed by atoms with Gasteiger partial charge in [0, 0.05) is 0 Å². The smallest absolute Gasteiger partial charge is 0.159 e. The highest BCUT2D eigenvalue weighted by Gasteiger charge is 1.94. The molecule has 4 N–H and O–H groups in total. The Morgan fingerprint density at radius 3 is 3.00 bits per heavy atom. The molecule has 0 amide bonds. The summed E-state index contributed by atoms with van der Waals surface area (Å²) in [4.78, 5) is 1.21. The minimum absolute atomic E-state index is 0.613. The van der Waals surface area contributed by atoms with E-state index >= 15 is 0 Å². The van der Waals surface area contributed by atoms with Crippen LogP contribution < -0.4 is 16.3 Å². The Bertz CT molecular complexity index is 210. The highest BCUT2D eigenvalue weighted by molar-refractivity contribution is 5.11. The van der Waals surface area contributed by atoms with Crippen molar-refractivity contribution in [1.29, 1.82) is 0 Å². The standard InChI is InChI=1S/C6H12N4O/c7-2-1-3-11-6-4-9-10(8)5-6/h4-5H,1-3,7-8H2. The first-order valence-corrected chi connectivity index (χ1v) is 3.45. The highest BCUT2D eigenvalue weighted by atomic mass is 16.5. The van der Waals surface area contributed by atoms with Gasteiger partial charge in [0.1, 0.15) is 0 Å². The molecule has 0 saturated heterocycles. The molecule has 0 radical (unpaired) electrons. The Kier molecular flexibility index (Phi) is 2.74. The van der Waals surface area contributed by atoms with Crippen molar-refractivity contribution in [2.45, 2.75) is 6.42 Å². The first-order chi connectivity index (χ1) is 5.33. The lowest BCUT2D eigenvalue weighted by molar-refractivity contribution is 0.313. The van der Waals surface area contributed by atoms with Crippen molar-refractivity contribution in [3.63, 3.8) is 0 Å². The molecule has 1 rings (SSSR count). The Balaban J connectivity index is 2.27. The minimum Gasteiger partial charge on any atom is -0.490 e. The van der Waals surface area contributed by atoms with Gasteiger partial charge in [0.2, 0.25) is 0 Å². The lowest BCUT2D eigenvalue weighted by Gasteiger charge is -1.99. The van der Waals surface area contributed by atoms with Crippen LogP contribution in [0.5, 0.6) is 5.75 Å². The average Bonchev–Trinajstić information content (AvgIpc) is 2.37. The zero-order chi connectivity index (χ0) is 8.10. The fourth-order valence-electron chi connectivity index (χ4n) is 0.668. The highest BCUT2D eigenvalue weighted by Crippen LogP contribution is 2.05. The summed E-state index contributed by atoms with van der Waals surface area (Å²) in [6, 6.07) is 0. The van der Waals surface area contributed by atoms with Crippen molar-refractivity contribution in [3.05, 3.63) is 12.4 Å². The van der Waals surface area contributed by atoms with Gasteiger partial charge in [0.15, 0.2) is 5.75 Å². The van der Waals surface area contributed by atoms with Gasteiger partial charge in [0.25, 0.3) is 0 Å². The minimum atomic E-state index is 0.613. The van der Waals surface area contributed by atoms with Gasteiger partial charge in [0.05, 0.1) is 19.0 Å². The predicted molar refractivity (Wildman–Crippen MR) is 41.5 cm³/mol. The van der Waals surface area contributed by atoms with Crippen molar-refractivity contribution < 1.29 is 4.74 Å². The second kappa shape index (κ2) is 3.82. The normalized spacial score (nSPS) is 9.91. The zero-order valence-electron chi connectivity index (χ0n) is 6.23. The van der Waals surface area contributed by atoms with Gasteiger partial charge >= 0.3 is 0 Å². The first-order valence-electron chi connectivity index (χ1n) is 3.45. The molecular weight excluding hydrogens is 144 g/mol. The molecule has 1 aromatic heterocycles. The van der Waals surface area contributed by atoms with E-state index in [1.54, 1.807) is 12.4 Å². The lowest BCUT2D eigenvalue weighted by Crippen LogP contribution is -2.07. The summed E-state index contributed by atoms with van der Waals surface area (Å²) in [5.74, 6) is 5.97. The number of aromatic nitrogens is 2. The lowest BCUT2D eigenvalue weighted by atomic mass is 10.5. The molecule has 62 valence electrons. The van der Waals surface area contributed by atoms with E-state index in [2.05, 4.69) is 5.10 Å². The van der Waals surface area contributed by atoms with E-state index in [1.165, 1.54) is 4.79 Å². The van der Waals surface area contributed by atoms with Crippen LogP contribution in [-0.4, -0.2) is 23.0 Å². The van der Waals surface area contributed by atoms with Crippen LogP contribution in [0.1, 0.15) is 6.42 Å². The predicted octanol–water partition coefficient (Wildman–Crippen LogP) is -0.675. The van der Waals surface area contributed by atoms with Crippen LogP contribution in [0.4, 0.5) is 0 Å². The molecule has 0 bridgehead atoms. The molecule has 0 spiro atoms. The van der Waals surface area contributed by atoms with Crippen molar-refractivity contribution >= 4 is 0 Å². The molecule has 0 aliphatic rings. The summed E-state index contributed by atoms with van der Waals surface area (Å²) < 4.78 is 5.22. The van der Waals surface area contributed by atoms with Gasteiger partial charge in [-0.1, -0.05) is 0 Å². The Hall–Kier alpha value is -1.23. The number of nitrogen functional groups attached to an aromatic ring is 1. The molecule has 0 saturated carbocycles. The third-order valence-corrected chi connectivity index (χ3v) is 1.20. The molecule has 5 heteroatoms. The Morgan fingerprint density at radius 2 is 2.45 bits per heavy atom. The largest absolute Gasteiger partial charge is 0.490 e. The Morgan fingerprint density at radius 1 is 1.64 bits per heavy atom. The first kappa shape index (κ1) is 7.87. The second-order valence-electron chi connectivity index (χ2n) is 2.15. The van der Waals surface area contributed by atoms with E-state index in [-0.39, 0.29) is 0 Å². The van der Waals surface area contributed by atoms with Crippen LogP contribution in [0.2, 0.25) is 0 Å². The molecule has 0 unspecified atom stereocenters. The van der Waals surface area contributed by atoms with Gasteiger partial charge in [-0.25, -0.2) is 0 Å². The maximum atomic E-state index is 5.28. The van der Waals surface area contributed by atoms with Gasteiger partial charge in [-0.2, -0.15) is 9.89 Å². The number of nitrogens with two attached hydrogens (primary N) is 2. The van der Waals surface area contributed by atoms with Crippen LogP contribution >= 0.6 is 0 Å². The number of hydrogen-bond acceptors (Lipinski definition) is 4. The summed E-state index contributed by atoms with van der Waals surface area (Å²) in [6.07, 6.45) is 4.02. The van der Waals surface area contributed by atoms with Crippen molar-refractivity contribution in [3.8, 4) is 5.75 Å². The monoisotopic (exact) mass is 156 g/mol. The molecule has 11 heavy (non-hydrogen) atoms. The van der Waals surface area contributed by atoms with E-state index in [0.29, 0.717) is 18.9 Å².